The normalized spacial score (nSPS) is 12.8. The molecule has 0 spiro atoms. The van der Waals surface area contributed by atoms with Gasteiger partial charge in [0.15, 0.2) is 6.61 Å². The first-order chi connectivity index (χ1) is 9.31. The molecule has 0 bridgehead atoms. The molecule has 0 aliphatic heterocycles. The highest BCUT2D eigenvalue weighted by Crippen LogP contribution is 2.19. The van der Waals surface area contributed by atoms with Crippen LogP contribution in [0.3, 0.4) is 0 Å². The molecule has 7 heteroatoms. The van der Waals surface area contributed by atoms with Gasteiger partial charge in [-0.2, -0.15) is 13.2 Å². The molecule has 0 fully saturated rings. The molecule has 1 rings (SSSR count). The minimum absolute atomic E-state index is 0.346. The molecule has 1 aromatic carbocycles. The van der Waals surface area contributed by atoms with Crippen LogP contribution in [-0.2, 0) is 4.79 Å². The molecule has 0 saturated heterocycles. The van der Waals surface area contributed by atoms with Gasteiger partial charge in [0.1, 0.15) is 12.3 Å². The molecule has 0 aliphatic carbocycles. The van der Waals surface area contributed by atoms with Crippen molar-refractivity contribution >= 4 is 5.91 Å². The maximum absolute atomic E-state index is 11.9. The number of ether oxygens (including phenoxy) is 1. The molecule has 0 aliphatic rings. The van der Waals surface area contributed by atoms with Crippen molar-refractivity contribution < 1.29 is 27.8 Å². The summed E-state index contributed by atoms with van der Waals surface area (Å²) < 4.78 is 40.6. The van der Waals surface area contributed by atoms with E-state index in [1.807, 2.05) is 6.92 Å². The van der Waals surface area contributed by atoms with Crippen LogP contribution in [0.1, 0.15) is 25.0 Å². The first-order valence-corrected chi connectivity index (χ1v) is 6.06. The Kier molecular flexibility index (Phi) is 5.82. The third-order valence-electron chi connectivity index (χ3n) is 2.51. The van der Waals surface area contributed by atoms with Crippen LogP contribution in [0.4, 0.5) is 13.2 Å². The minimum Gasteiger partial charge on any atom is -0.484 e. The highest BCUT2D eigenvalue weighted by Gasteiger charge is 2.27. The van der Waals surface area contributed by atoms with Gasteiger partial charge in [-0.3, -0.25) is 4.79 Å². The molecule has 2 N–H and O–H groups in total. The fraction of sp³-hybridized carbons (Fsp3) is 0.462. The Morgan fingerprint density at radius 2 is 1.95 bits per heavy atom. The molecule has 20 heavy (non-hydrogen) atoms. The van der Waals surface area contributed by atoms with Gasteiger partial charge < -0.3 is 15.2 Å². The molecule has 0 heterocycles. The van der Waals surface area contributed by atoms with Gasteiger partial charge in [-0.1, -0.05) is 19.1 Å². The Labute approximate surface area is 114 Å². The van der Waals surface area contributed by atoms with E-state index < -0.39 is 31.3 Å². The lowest BCUT2D eigenvalue weighted by Crippen LogP contribution is -2.36. The smallest absolute Gasteiger partial charge is 0.405 e. The van der Waals surface area contributed by atoms with Gasteiger partial charge in [0.05, 0.1) is 6.10 Å². The number of halogens is 3. The molecule has 0 aromatic heterocycles. The number of aliphatic hydroxyl groups excluding tert-OH is 1. The molecule has 0 saturated carbocycles. The molecule has 112 valence electrons. The molecule has 1 amide bonds. The minimum atomic E-state index is -4.44. The van der Waals surface area contributed by atoms with E-state index in [1.165, 1.54) is 0 Å². The van der Waals surface area contributed by atoms with Gasteiger partial charge in [-0.05, 0) is 24.1 Å². The SMILES string of the molecule is CC[C@@H](O)c1ccc(OCC(=O)NCC(F)(F)F)cc1. The Morgan fingerprint density at radius 3 is 2.45 bits per heavy atom. The number of carbonyl (C=O) groups excluding carboxylic acids is 1. The number of hydrogen-bond acceptors (Lipinski definition) is 3. The largest absolute Gasteiger partial charge is 0.484 e. The summed E-state index contributed by atoms with van der Waals surface area (Å²) in [6, 6.07) is 6.37. The molecule has 0 unspecified atom stereocenters. The Bertz CT molecular complexity index is 431. The van der Waals surface area contributed by atoms with E-state index in [2.05, 4.69) is 0 Å². The number of alkyl halides is 3. The predicted octanol–water partition coefficient (Wildman–Crippen LogP) is 2.19. The first kappa shape index (κ1) is 16.3. The van der Waals surface area contributed by atoms with Crippen molar-refractivity contribution in [1.29, 1.82) is 0 Å². The third kappa shape index (κ3) is 5.92. The van der Waals surface area contributed by atoms with E-state index in [9.17, 15) is 23.1 Å². The van der Waals surface area contributed by atoms with Gasteiger partial charge in [-0.25, -0.2) is 0 Å². The number of benzene rings is 1. The van der Waals surface area contributed by atoms with Crippen molar-refractivity contribution in [2.75, 3.05) is 13.2 Å². The van der Waals surface area contributed by atoms with E-state index >= 15 is 0 Å². The van der Waals surface area contributed by atoms with Crippen LogP contribution in [0.2, 0.25) is 0 Å². The predicted molar refractivity (Wildman–Crippen MR) is 66.3 cm³/mol. The number of carbonyl (C=O) groups is 1. The third-order valence-corrected chi connectivity index (χ3v) is 2.51. The van der Waals surface area contributed by atoms with Crippen LogP contribution < -0.4 is 10.1 Å². The standard InChI is InChI=1S/C13H16F3NO3/c1-2-11(18)9-3-5-10(6-4-9)20-7-12(19)17-8-13(14,15)16/h3-6,11,18H,2,7-8H2,1H3,(H,17,19)/t11-/m1/s1. The zero-order chi connectivity index (χ0) is 15.2. The topological polar surface area (TPSA) is 58.6 Å². The van der Waals surface area contributed by atoms with Crippen molar-refractivity contribution in [3.63, 3.8) is 0 Å². The van der Waals surface area contributed by atoms with Crippen LogP contribution in [0.15, 0.2) is 24.3 Å². The summed E-state index contributed by atoms with van der Waals surface area (Å²) in [7, 11) is 0. The number of amides is 1. The highest BCUT2D eigenvalue weighted by atomic mass is 19.4. The lowest BCUT2D eigenvalue weighted by Gasteiger charge is -2.11. The van der Waals surface area contributed by atoms with Crippen molar-refractivity contribution in [1.82, 2.24) is 5.32 Å². The van der Waals surface area contributed by atoms with Gasteiger partial charge in [0.25, 0.3) is 5.91 Å². The van der Waals surface area contributed by atoms with E-state index in [-0.39, 0.29) is 0 Å². The lowest BCUT2D eigenvalue weighted by molar-refractivity contribution is -0.139. The van der Waals surface area contributed by atoms with Gasteiger partial charge >= 0.3 is 6.18 Å². The van der Waals surface area contributed by atoms with Crippen LogP contribution in [0.25, 0.3) is 0 Å². The monoisotopic (exact) mass is 291 g/mol. The fourth-order valence-electron chi connectivity index (χ4n) is 1.42. The fourth-order valence-corrected chi connectivity index (χ4v) is 1.42. The molecule has 1 atom stereocenters. The van der Waals surface area contributed by atoms with E-state index in [1.54, 1.807) is 29.6 Å². The summed E-state index contributed by atoms with van der Waals surface area (Å²) in [6.45, 7) is -0.0390. The summed E-state index contributed by atoms with van der Waals surface area (Å²) in [4.78, 5) is 11.1. The summed E-state index contributed by atoms with van der Waals surface area (Å²) in [5.41, 5.74) is 0.710. The van der Waals surface area contributed by atoms with Crippen LogP contribution in [0.5, 0.6) is 5.75 Å². The Morgan fingerprint density at radius 1 is 1.35 bits per heavy atom. The van der Waals surface area contributed by atoms with E-state index in [0.717, 1.165) is 0 Å². The van der Waals surface area contributed by atoms with E-state index in [4.69, 9.17) is 4.74 Å². The van der Waals surface area contributed by atoms with Crippen LogP contribution in [0, 0.1) is 0 Å². The quantitative estimate of drug-likeness (QED) is 0.844. The second-order valence-electron chi connectivity index (χ2n) is 4.17. The van der Waals surface area contributed by atoms with Gasteiger partial charge in [-0.15, -0.1) is 0 Å². The van der Waals surface area contributed by atoms with Gasteiger partial charge in [0.2, 0.25) is 0 Å². The zero-order valence-electron chi connectivity index (χ0n) is 10.9. The molecule has 4 nitrogen and oxygen atoms in total. The number of nitrogens with one attached hydrogen (secondary N) is 1. The van der Waals surface area contributed by atoms with E-state index in [0.29, 0.717) is 17.7 Å². The van der Waals surface area contributed by atoms with Crippen molar-refractivity contribution in [2.45, 2.75) is 25.6 Å². The highest BCUT2D eigenvalue weighted by molar-refractivity contribution is 5.77. The van der Waals surface area contributed by atoms with Crippen molar-refractivity contribution in [3.05, 3.63) is 29.8 Å². The second kappa shape index (κ2) is 7.14. The first-order valence-electron chi connectivity index (χ1n) is 6.06. The average Bonchev–Trinajstić information content (AvgIpc) is 2.41. The average molecular weight is 291 g/mol. The summed E-state index contributed by atoms with van der Waals surface area (Å²) >= 11 is 0. The summed E-state index contributed by atoms with van der Waals surface area (Å²) in [5, 5.41) is 11.3. The number of hydrogen-bond donors (Lipinski definition) is 2. The Hall–Kier alpha value is -1.76. The van der Waals surface area contributed by atoms with Gasteiger partial charge in [0, 0.05) is 0 Å². The summed E-state index contributed by atoms with van der Waals surface area (Å²) in [5.74, 6) is -0.501. The van der Waals surface area contributed by atoms with Crippen LogP contribution in [-0.4, -0.2) is 30.3 Å². The Balaban J connectivity index is 2.40. The van der Waals surface area contributed by atoms with Crippen molar-refractivity contribution in [2.24, 2.45) is 0 Å². The maximum atomic E-state index is 11.9. The van der Waals surface area contributed by atoms with Crippen LogP contribution >= 0.6 is 0 Å². The molecule has 0 radical (unpaired) electrons. The lowest BCUT2D eigenvalue weighted by atomic mass is 10.1. The summed E-state index contributed by atoms with van der Waals surface area (Å²) in [6.07, 6.45) is -4.44. The zero-order valence-corrected chi connectivity index (χ0v) is 10.9. The van der Waals surface area contributed by atoms with Crippen molar-refractivity contribution in [3.8, 4) is 5.75 Å². The molecule has 1 aromatic rings. The molecular weight excluding hydrogens is 275 g/mol. The molecular formula is C13H16F3NO3. The number of aliphatic hydroxyl groups is 1. The second-order valence-corrected chi connectivity index (χ2v) is 4.17. The maximum Gasteiger partial charge on any atom is 0.405 e. The number of rotatable bonds is 6.